The van der Waals surface area contributed by atoms with Gasteiger partial charge in [0.1, 0.15) is 0 Å². The molecule has 0 unspecified atom stereocenters. The SMILES string of the molecule is CCN(CC)C(=O)c1cccc2c(CCNC[C@H](O)c3cccc(Cl)c3)c[nH]c12. The number of rotatable bonds is 9. The number of hydrogen-bond donors (Lipinski definition) is 3. The molecular formula is C23H28ClN3O2. The van der Waals surface area contributed by atoms with Crippen molar-refractivity contribution in [2.45, 2.75) is 26.4 Å². The van der Waals surface area contributed by atoms with Crippen LogP contribution in [0.1, 0.15) is 41.4 Å². The molecule has 0 bridgehead atoms. The van der Waals surface area contributed by atoms with Crippen LogP contribution in [0.3, 0.4) is 0 Å². The fourth-order valence-corrected chi connectivity index (χ4v) is 3.77. The molecule has 6 heteroatoms. The zero-order valence-electron chi connectivity index (χ0n) is 16.9. The zero-order chi connectivity index (χ0) is 20.8. The lowest BCUT2D eigenvalue weighted by Crippen LogP contribution is -2.30. The van der Waals surface area contributed by atoms with Gasteiger partial charge in [0.05, 0.1) is 17.2 Å². The summed E-state index contributed by atoms with van der Waals surface area (Å²) < 4.78 is 0. The van der Waals surface area contributed by atoms with E-state index in [-0.39, 0.29) is 5.91 Å². The molecule has 29 heavy (non-hydrogen) atoms. The van der Waals surface area contributed by atoms with Crippen molar-refractivity contribution in [2.75, 3.05) is 26.2 Å². The lowest BCUT2D eigenvalue weighted by Gasteiger charge is -2.19. The van der Waals surface area contributed by atoms with Crippen LogP contribution in [0.25, 0.3) is 10.9 Å². The molecule has 3 N–H and O–H groups in total. The Morgan fingerprint density at radius 1 is 1.21 bits per heavy atom. The van der Waals surface area contributed by atoms with E-state index in [2.05, 4.69) is 10.3 Å². The number of amides is 1. The molecule has 3 aromatic rings. The van der Waals surface area contributed by atoms with Crippen LogP contribution in [0.5, 0.6) is 0 Å². The van der Waals surface area contributed by atoms with Gasteiger partial charge < -0.3 is 20.3 Å². The van der Waals surface area contributed by atoms with Gasteiger partial charge in [0, 0.05) is 36.2 Å². The first kappa shape index (κ1) is 21.4. The van der Waals surface area contributed by atoms with Gasteiger partial charge in [-0.3, -0.25) is 4.79 Å². The quantitative estimate of drug-likeness (QED) is 0.461. The summed E-state index contributed by atoms with van der Waals surface area (Å²) in [6.45, 7) is 6.54. The second-order valence-corrected chi connectivity index (χ2v) is 7.48. The lowest BCUT2D eigenvalue weighted by molar-refractivity contribution is 0.0775. The van der Waals surface area contributed by atoms with Crippen LogP contribution in [0.15, 0.2) is 48.7 Å². The molecule has 0 radical (unpaired) electrons. The first-order valence-electron chi connectivity index (χ1n) is 10.1. The van der Waals surface area contributed by atoms with Gasteiger partial charge in [-0.1, -0.05) is 35.9 Å². The van der Waals surface area contributed by atoms with Crippen molar-refractivity contribution in [2.24, 2.45) is 0 Å². The third kappa shape index (κ3) is 4.99. The molecule has 1 heterocycles. The Morgan fingerprint density at radius 2 is 1.97 bits per heavy atom. The number of aliphatic hydroxyl groups excluding tert-OH is 1. The number of carbonyl (C=O) groups excluding carboxylic acids is 1. The van der Waals surface area contributed by atoms with E-state index in [9.17, 15) is 9.90 Å². The topological polar surface area (TPSA) is 68.4 Å². The van der Waals surface area contributed by atoms with E-state index in [4.69, 9.17) is 11.6 Å². The van der Waals surface area contributed by atoms with Crippen molar-refractivity contribution in [3.05, 3.63) is 70.4 Å². The Balaban J connectivity index is 1.63. The maximum atomic E-state index is 12.8. The second-order valence-electron chi connectivity index (χ2n) is 7.04. The molecule has 0 aliphatic rings. The summed E-state index contributed by atoms with van der Waals surface area (Å²) in [5.41, 5.74) is 3.55. The maximum Gasteiger partial charge on any atom is 0.255 e. The summed E-state index contributed by atoms with van der Waals surface area (Å²) in [5.74, 6) is 0.0526. The van der Waals surface area contributed by atoms with Crippen molar-refractivity contribution >= 4 is 28.4 Å². The van der Waals surface area contributed by atoms with Crippen LogP contribution in [-0.4, -0.2) is 47.1 Å². The predicted molar refractivity (Wildman–Crippen MR) is 119 cm³/mol. The molecule has 0 aliphatic carbocycles. The number of fused-ring (bicyclic) bond motifs is 1. The van der Waals surface area contributed by atoms with Gasteiger partial charge in [-0.25, -0.2) is 0 Å². The number of aromatic nitrogens is 1. The number of nitrogens with zero attached hydrogens (tertiary/aromatic N) is 1. The van der Waals surface area contributed by atoms with Gasteiger partial charge in [0.15, 0.2) is 0 Å². The summed E-state index contributed by atoms with van der Waals surface area (Å²) in [4.78, 5) is 17.9. The van der Waals surface area contributed by atoms with E-state index in [1.54, 1.807) is 12.1 Å². The highest BCUT2D eigenvalue weighted by Gasteiger charge is 2.17. The standard InChI is InChI=1S/C23H28ClN3O2/c1-3-27(4-2)23(29)20-10-6-9-19-17(14-26-22(19)20)11-12-25-15-21(28)16-7-5-8-18(24)13-16/h5-10,13-14,21,25-26,28H,3-4,11-12,15H2,1-2H3/t21-/m0/s1. The van der Waals surface area contributed by atoms with Crippen molar-refractivity contribution in [3.63, 3.8) is 0 Å². The Labute approximate surface area is 176 Å². The molecule has 1 atom stereocenters. The predicted octanol–water partition coefficient (Wildman–Crippen LogP) is 4.17. The first-order chi connectivity index (χ1) is 14.0. The molecule has 0 saturated carbocycles. The number of hydrogen-bond acceptors (Lipinski definition) is 3. The second kappa shape index (κ2) is 9.92. The molecule has 0 saturated heterocycles. The number of aliphatic hydroxyl groups is 1. The minimum Gasteiger partial charge on any atom is -0.387 e. The molecular weight excluding hydrogens is 386 g/mol. The summed E-state index contributed by atoms with van der Waals surface area (Å²) in [7, 11) is 0. The molecule has 1 amide bonds. The number of H-pyrrole nitrogens is 1. The van der Waals surface area contributed by atoms with Gasteiger partial charge in [-0.05, 0) is 56.1 Å². The molecule has 0 aliphatic heterocycles. The molecule has 5 nitrogen and oxygen atoms in total. The number of carbonyl (C=O) groups is 1. The van der Waals surface area contributed by atoms with Crippen molar-refractivity contribution in [1.82, 2.24) is 15.2 Å². The van der Waals surface area contributed by atoms with Gasteiger partial charge in [0.2, 0.25) is 0 Å². The van der Waals surface area contributed by atoms with Crippen LogP contribution in [-0.2, 0) is 6.42 Å². The highest BCUT2D eigenvalue weighted by atomic mass is 35.5. The summed E-state index contributed by atoms with van der Waals surface area (Å²) >= 11 is 5.98. The first-order valence-corrected chi connectivity index (χ1v) is 10.4. The van der Waals surface area contributed by atoms with Crippen LogP contribution in [0.4, 0.5) is 0 Å². The van der Waals surface area contributed by atoms with Crippen LogP contribution in [0, 0.1) is 0 Å². The molecule has 3 rings (SSSR count). The molecule has 154 valence electrons. The number of benzene rings is 2. The van der Waals surface area contributed by atoms with Crippen LogP contribution < -0.4 is 5.32 Å². The minimum atomic E-state index is -0.602. The Kier molecular flexibility index (Phi) is 7.31. The van der Waals surface area contributed by atoms with Gasteiger partial charge >= 0.3 is 0 Å². The molecule has 1 aromatic heterocycles. The van der Waals surface area contributed by atoms with Gasteiger partial charge in [0.25, 0.3) is 5.91 Å². The number of para-hydroxylation sites is 1. The summed E-state index contributed by atoms with van der Waals surface area (Å²) in [5, 5.41) is 15.3. The van der Waals surface area contributed by atoms with E-state index >= 15 is 0 Å². The highest BCUT2D eigenvalue weighted by Crippen LogP contribution is 2.23. The maximum absolute atomic E-state index is 12.8. The Bertz CT molecular complexity index is 966. The van der Waals surface area contributed by atoms with Crippen molar-refractivity contribution in [1.29, 1.82) is 0 Å². The molecule has 2 aromatic carbocycles. The summed E-state index contributed by atoms with van der Waals surface area (Å²) in [6.07, 6.45) is 2.17. The van der Waals surface area contributed by atoms with E-state index in [1.165, 1.54) is 0 Å². The lowest BCUT2D eigenvalue weighted by atomic mass is 10.1. The number of aromatic amines is 1. The number of nitrogens with one attached hydrogen (secondary N) is 2. The third-order valence-electron chi connectivity index (χ3n) is 5.22. The smallest absolute Gasteiger partial charge is 0.255 e. The number of halogens is 1. The largest absolute Gasteiger partial charge is 0.387 e. The fraction of sp³-hybridized carbons (Fsp3) is 0.348. The van der Waals surface area contributed by atoms with Crippen molar-refractivity contribution < 1.29 is 9.90 Å². The zero-order valence-corrected chi connectivity index (χ0v) is 17.7. The summed E-state index contributed by atoms with van der Waals surface area (Å²) in [6, 6.07) is 13.1. The van der Waals surface area contributed by atoms with Gasteiger partial charge in [-0.15, -0.1) is 0 Å². The van der Waals surface area contributed by atoms with E-state index in [1.807, 2.05) is 55.3 Å². The van der Waals surface area contributed by atoms with E-state index in [0.29, 0.717) is 30.2 Å². The van der Waals surface area contributed by atoms with Crippen molar-refractivity contribution in [3.8, 4) is 0 Å². The Hall–Kier alpha value is -2.34. The third-order valence-corrected chi connectivity index (χ3v) is 5.46. The monoisotopic (exact) mass is 413 g/mol. The average molecular weight is 414 g/mol. The average Bonchev–Trinajstić information content (AvgIpc) is 3.15. The van der Waals surface area contributed by atoms with Gasteiger partial charge in [-0.2, -0.15) is 0 Å². The van der Waals surface area contributed by atoms with E-state index in [0.717, 1.165) is 35.0 Å². The molecule has 0 spiro atoms. The fourth-order valence-electron chi connectivity index (χ4n) is 3.57. The van der Waals surface area contributed by atoms with Crippen LogP contribution >= 0.6 is 11.6 Å². The minimum absolute atomic E-state index is 0.0526. The highest BCUT2D eigenvalue weighted by molar-refractivity contribution is 6.30. The Morgan fingerprint density at radius 3 is 2.69 bits per heavy atom. The molecule has 0 fully saturated rings. The normalized spacial score (nSPS) is 12.3. The van der Waals surface area contributed by atoms with Crippen LogP contribution in [0.2, 0.25) is 5.02 Å². The van der Waals surface area contributed by atoms with E-state index < -0.39 is 6.10 Å².